The van der Waals surface area contributed by atoms with Crippen molar-refractivity contribution < 1.29 is 58.9 Å². The summed E-state index contributed by atoms with van der Waals surface area (Å²) in [5.74, 6) is -3.12. The summed E-state index contributed by atoms with van der Waals surface area (Å²) in [5, 5.41) is 56.5. The monoisotopic (exact) mass is 828 g/mol. The minimum Gasteiger partial charge on any atom is -0.504 e. The molecular weight excluding hydrogens is 773 g/mol. The van der Waals surface area contributed by atoms with Crippen molar-refractivity contribution >= 4 is 29.7 Å². The minimum atomic E-state index is -2.11. The van der Waals surface area contributed by atoms with Crippen molar-refractivity contribution in [2.45, 2.75) is 93.3 Å². The van der Waals surface area contributed by atoms with Crippen molar-refractivity contribution in [3.8, 4) is 23.0 Å². The van der Waals surface area contributed by atoms with E-state index >= 15 is 0 Å². The van der Waals surface area contributed by atoms with Crippen molar-refractivity contribution in [2.24, 2.45) is 11.7 Å². The van der Waals surface area contributed by atoms with Crippen LogP contribution in [0.4, 0.5) is 0 Å². The van der Waals surface area contributed by atoms with Gasteiger partial charge in [0.25, 0.3) is 0 Å². The van der Waals surface area contributed by atoms with Gasteiger partial charge < -0.3 is 55.5 Å². The fourth-order valence-corrected chi connectivity index (χ4v) is 8.45. The maximum Gasteiger partial charge on any atom is 0.336 e. The molecule has 0 aromatic heterocycles. The number of aromatic hydroxyl groups is 3. The van der Waals surface area contributed by atoms with Gasteiger partial charge in [0.05, 0.1) is 12.7 Å². The maximum atomic E-state index is 14.3. The van der Waals surface area contributed by atoms with Crippen molar-refractivity contribution in [1.82, 2.24) is 5.32 Å². The molecule has 60 heavy (non-hydrogen) atoms. The predicted octanol–water partition coefficient (Wildman–Crippen LogP) is 4.69. The third-order valence-corrected chi connectivity index (χ3v) is 11.6. The summed E-state index contributed by atoms with van der Waals surface area (Å²) in [4.78, 5) is 40.8. The summed E-state index contributed by atoms with van der Waals surface area (Å²) >= 11 is 0. The molecule has 14 nitrogen and oxygen atoms in total. The summed E-state index contributed by atoms with van der Waals surface area (Å²) in [7, 11) is 0. The molecule has 3 fully saturated rings. The summed E-state index contributed by atoms with van der Waals surface area (Å²) in [5.41, 5.74) is 3.81. The Morgan fingerprint density at radius 1 is 0.917 bits per heavy atom. The van der Waals surface area contributed by atoms with Crippen molar-refractivity contribution in [1.29, 1.82) is 0 Å². The number of nitrogens with one attached hydrogen (secondary N) is 1. The molecular formula is C46H56N2O12. The van der Waals surface area contributed by atoms with Crippen LogP contribution in [0.2, 0.25) is 0 Å². The fourth-order valence-electron chi connectivity index (χ4n) is 8.45. The molecule has 0 spiro atoms. The third-order valence-electron chi connectivity index (χ3n) is 11.6. The number of ether oxygens (including phenoxy) is 4. The van der Waals surface area contributed by atoms with Gasteiger partial charge in [0, 0.05) is 32.0 Å². The molecule has 3 aromatic rings. The number of aliphatic carboxylic acids is 1. The van der Waals surface area contributed by atoms with E-state index in [1.54, 1.807) is 18.2 Å². The number of hydrogen-bond acceptors (Lipinski definition) is 13. The Morgan fingerprint density at radius 2 is 1.63 bits per heavy atom. The highest BCUT2D eigenvalue weighted by Gasteiger charge is 2.61. The number of rotatable bonds is 18. The van der Waals surface area contributed by atoms with Crippen LogP contribution in [0.15, 0.2) is 78.9 Å². The number of aliphatic hydroxyl groups excluding tert-OH is 1. The zero-order valence-electron chi connectivity index (χ0n) is 33.6. The van der Waals surface area contributed by atoms with E-state index < -0.39 is 60.1 Å². The average molecular weight is 829 g/mol. The number of carboxylic acids is 1. The molecule has 2 saturated carbocycles. The molecule has 0 radical (unpaired) electrons. The Morgan fingerprint density at radius 3 is 2.33 bits per heavy atom. The number of nitrogens with two attached hydrogens (primary N) is 1. The molecule has 0 amide bonds. The molecule has 0 bridgehead atoms. The van der Waals surface area contributed by atoms with Crippen LogP contribution in [0, 0.1) is 5.92 Å². The standard InChI is InChI=1S/C46H56N2O12/c47-20-21-57-41-19-15-31(23-39(41)53)12-16-35(49)27-59-45(44(55)56)25-40(54)43-46(28-45,29-48-34-8-4-5-9-34)60-42(37(51)18-14-32-13-17-36(50)38(52)22-32)24-33(26-58-43)11-10-30-6-2-1-3-7-30/h1-3,6-7,12-19,22-23,33-34,40,42-43,48,50,52-54H,4-5,8-11,20-21,24-29,47H2,(H,55,56)/b16-12+,18-14+/t33-,40+,42-,43+,45-,46-/m0/s1. The second kappa shape index (κ2) is 20.4. The molecule has 1 aliphatic heterocycles. The van der Waals surface area contributed by atoms with Gasteiger partial charge >= 0.3 is 5.97 Å². The summed E-state index contributed by atoms with van der Waals surface area (Å²) in [6, 6.07) is 18.8. The van der Waals surface area contributed by atoms with E-state index in [2.05, 4.69) is 5.32 Å². The number of phenols is 3. The fraction of sp³-hybridized carbons (Fsp3) is 0.457. The van der Waals surface area contributed by atoms with E-state index in [-0.39, 0.29) is 74.1 Å². The number of carboxylic acid groups (broad SMARTS) is 1. The lowest BCUT2D eigenvalue weighted by molar-refractivity contribution is -0.269. The van der Waals surface area contributed by atoms with E-state index in [1.165, 1.54) is 42.5 Å². The third kappa shape index (κ3) is 11.4. The van der Waals surface area contributed by atoms with Gasteiger partial charge in [0.2, 0.25) is 0 Å². The average Bonchev–Trinajstić information content (AvgIpc) is 3.76. The first-order chi connectivity index (χ1) is 28.9. The molecule has 1 saturated heterocycles. The Labute approximate surface area is 349 Å². The number of aliphatic hydroxyl groups is 1. The largest absolute Gasteiger partial charge is 0.504 e. The van der Waals surface area contributed by atoms with Gasteiger partial charge in [0.15, 0.2) is 40.2 Å². The topological polar surface area (TPSA) is 227 Å². The van der Waals surface area contributed by atoms with E-state index in [0.717, 1.165) is 31.2 Å². The summed E-state index contributed by atoms with van der Waals surface area (Å²) in [6.07, 6.45) is 6.54. The minimum absolute atomic E-state index is 0.0358. The molecule has 14 heteroatoms. The van der Waals surface area contributed by atoms with Crippen LogP contribution in [0.5, 0.6) is 23.0 Å². The second-order valence-corrected chi connectivity index (χ2v) is 16.1. The van der Waals surface area contributed by atoms with Gasteiger partial charge in [-0.25, -0.2) is 4.79 Å². The van der Waals surface area contributed by atoms with Crippen LogP contribution in [-0.4, -0.2) is 112 Å². The molecule has 2 aliphatic carbocycles. The van der Waals surface area contributed by atoms with Gasteiger partial charge in [-0.15, -0.1) is 0 Å². The molecule has 3 aromatic carbocycles. The summed E-state index contributed by atoms with van der Waals surface area (Å²) in [6.45, 7) is 0.0350. The lowest BCUT2D eigenvalue weighted by atomic mass is 9.70. The van der Waals surface area contributed by atoms with E-state index in [1.807, 2.05) is 30.3 Å². The maximum absolute atomic E-state index is 14.3. The Kier molecular flexibility index (Phi) is 15.2. The quantitative estimate of drug-likeness (QED) is 0.0682. The first-order valence-corrected chi connectivity index (χ1v) is 20.6. The lowest BCUT2D eigenvalue weighted by Gasteiger charge is -2.54. The van der Waals surface area contributed by atoms with Crippen LogP contribution >= 0.6 is 0 Å². The predicted molar refractivity (Wildman–Crippen MR) is 223 cm³/mol. The van der Waals surface area contributed by atoms with Crippen molar-refractivity contribution in [3.63, 3.8) is 0 Å². The number of benzene rings is 3. The molecule has 8 N–H and O–H groups in total. The van der Waals surface area contributed by atoms with Crippen molar-refractivity contribution in [3.05, 3.63) is 95.6 Å². The first kappa shape index (κ1) is 44.5. The van der Waals surface area contributed by atoms with Gasteiger partial charge in [-0.1, -0.05) is 67.5 Å². The Balaban J connectivity index is 1.28. The second-order valence-electron chi connectivity index (χ2n) is 16.1. The van der Waals surface area contributed by atoms with Crippen LogP contribution in [0.25, 0.3) is 12.2 Å². The number of hydrogen-bond donors (Lipinski definition) is 7. The van der Waals surface area contributed by atoms with Crippen LogP contribution in [0.1, 0.15) is 68.1 Å². The number of ketones is 2. The number of carbonyl (C=O) groups is 3. The normalized spacial score (nSPS) is 26.1. The highest BCUT2D eigenvalue weighted by molar-refractivity contribution is 5.97. The van der Waals surface area contributed by atoms with Gasteiger partial charge in [-0.2, -0.15) is 0 Å². The zero-order chi connectivity index (χ0) is 42.7. The van der Waals surface area contributed by atoms with E-state index in [9.17, 15) is 39.9 Å². The Hall–Kier alpha value is -5.09. The molecule has 1 heterocycles. The number of phenolic OH excluding ortho intramolecular Hbond substituents is 3. The lowest BCUT2D eigenvalue weighted by Crippen LogP contribution is -2.70. The SMILES string of the molecule is NCCOc1ccc(/C=C/C(=O)CO[C@@]2(C(=O)O)C[C@@H](O)[C@H]3OC[C@@H](CCc4ccccc4)C[C@@H](C(=O)/C=C/c4ccc(O)c(O)c4)O[C@]3(CNC3CCCC3)C2)cc1O. The van der Waals surface area contributed by atoms with Gasteiger partial charge in [-0.3, -0.25) is 9.59 Å². The van der Waals surface area contributed by atoms with Crippen LogP contribution < -0.4 is 15.8 Å². The molecule has 6 atom stereocenters. The van der Waals surface area contributed by atoms with Crippen LogP contribution in [-0.2, 0) is 35.0 Å². The van der Waals surface area contributed by atoms with Crippen molar-refractivity contribution in [2.75, 3.05) is 32.9 Å². The molecule has 322 valence electrons. The summed E-state index contributed by atoms with van der Waals surface area (Å²) < 4.78 is 24.9. The highest BCUT2D eigenvalue weighted by atomic mass is 16.6. The van der Waals surface area contributed by atoms with Crippen LogP contribution in [0.3, 0.4) is 0 Å². The number of aryl methyl sites for hydroxylation is 1. The Bertz CT molecular complexity index is 2000. The van der Waals surface area contributed by atoms with Gasteiger partial charge in [-0.05, 0) is 91.1 Å². The smallest absolute Gasteiger partial charge is 0.336 e. The first-order valence-electron chi connectivity index (χ1n) is 20.6. The number of fused-ring (bicyclic) bond motifs is 1. The highest BCUT2D eigenvalue weighted by Crippen LogP contribution is 2.45. The molecule has 3 aliphatic rings. The van der Waals surface area contributed by atoms with E-state index in [0.29, 0.717) is 24.0 Å². The number of carbonyl (C=O) groups excluding carboxylic acids is 2. The molecule has 0 unspecified atom stereocenters. The molecule has 6 rings (SSSR count). The van der Waals surface area contributed by atoms with E-state index in [4.69, 9.17) is 24.7 Å². The zero-order valence-corrected chi connectivity index (χ0v) is 33.6. The van der Waals surface area contributed by atoms with Gasteiger partial charge in [0.1, 0.15) is 31.0 Å².